The summed E-state index contributed by atoms with van der Waals surface area (Å²) >= 11 is 0. The summed E-state index contributed by atoms with van der Waals surface area (Å²) < 4.78 is 5.06. The molecule has 2 amide bonds. The van der Waals surface area contributed by atoms with Crippen LogP contribution in [0.15, 0.2) is 54.6 Å². The number of esters is 1. The quantitative estimate of drug-likeness (QED) is 0.209. The molecule has 0 aliphatic carbocycles. The van der Waals surface area contributed by atoms with Crippen LogP contribution in [-0.2, 0) is 25.7 Å². The Balaban J connectivity index is 1.60. The number of hydrogen-bond donors (Lipinski definition) is 4. The largest absolute Gasteiger partial charge is 0.466 e. The molecule has 198 valence electrons. The van der Waals surface area contributed by atoms with E-state index < -0.39 is 12.1 Å². The molecule has 5 N–H and O–H groups in total. The summed E-state index contributed by atoms with van der Waals surface area (Å²) in [7, 11) is 0. The number of likely N-dealkylation sites (tertiary alicyclic amines) is 1. The fraction of sp³-hybridized carbons (Fsp3) is 0.429. The van der Waals surface area contributed by atoms with E-state index in [0.717, 1.165) is 12.0 Å². The van der Waals surface area contributed by atoms with Crippen LogP contribution in [0.25, 0.3) is 0 Å². The summed E-state index contributed by atoms with van der Waals surface area (Å²) in [4.78, 5) is 40.0. The maximum absolute atomic E-state index is 13.4. The molecule has 1 aliphatic heterocycles. The smallest absolute Gasteiger partial charge is 0.307 e. The van der Waals surface area contributed by atoms with Crippen molar-refractivity contribution >= 4 is 23.6 Å². The summed E-state index contributed by atoms with van der Waals surface area (Å²) in [5, 5.41) is 13.2. The molecule has 1 heterocycles. The first-order valence-electron chi connectivity index (χ1n) is 12.7. The molecule has 37 heavy (non-hydrogen) atoms. The lowest BCUT2D eigenvalue weighted by Crippen LogP contribution is -2.55. The van der Waals surface area contributed by atoms with Gasteiger partial charge in [-0.05, 0) is 50.3 Å². The molecule has 1 saturated heterocycles. The SMILES string of the molecule is CCOC(=O)CCN1CC[C@H](c2ccccc2)C[C@@H]1C(=O)N[C@@H](C)C(=O)NCc1ccc(C(=N)N)cc1. The maximum Gasteiger partial charge on any atom is 0.307 e. The number of ether oxygens (including phenoxy) is 1. The van der Waals surface area contributed by atoms with Crippen LogP contribution in [0, 0.1) is 5.41 Å². The Morgan fingerprint density at radius 3 is 2.49 bits per heavy atom. The first-order chi connectivity index (χ1) is 17.8. The number of rotatable bonds is 11. The topological polar surface area (TPSA) is 138 Å². The van der Waals surface area contributed by atoms with Gasteiger partial charge in [0.1, 0.15) is 11.9 Å². The van der Waals surface area contributed by atoms with E-state index in [0.29, 0.717) is 38.2 Å². The lowest BCUT2D eigenvalue weighted by atomic mass is 9.84. The highest BCUT2D eigenvalue weighted by Crippen LogP contribution is 2.32. The Hall–Kier alpha value is -3.72. The highest BCUT2D eigenvalue weighted by molar-refractivity contribution is 5.95. The molecule has 2 aromatic rings. The minimum absolute atomic E-state index is 0.0135. The van der Waals surface area contributed by atoms with Gasteiger partial charge in [0.05, 0.1) is 19.1 Å². The number of carbonyl (C=O) groups excluding carboxylic acids is 3. The summed E-state index contributed by atoms with van der Waals surface area (Å²) in [5.74, 6) is -0.593. The number of nitrogens with one attached hydrogen (secondary N) is 3. The van der Waals surface area contributed by atoms with Gasteiger partial charge in [-0.1, -0.05) is 54.6 Å². The van der Waals surface area contributed by atoms with Crippen molar-refractivity contribution in [3.63, 3.8) is 0 Å². The van der Waals surface area contributed by atoms with Crippen molar-refractivity contribution in [2.45, 2.75) is 57.7 Å². The van der Waals surface area contributed by atoms with E-state index in [9.17, 15) is 14.4 Å². The number of amidine groups is 1. The van der Waals surface area contributed by atoms with Crippen LogP contribution in [0.4, 0.5) is 0 Å². The van der Waals surface area contributed by atoms with Crippen LogP contribution in [0.3, 0.4) is 0 Å². The summed E-state index contributed by atoms with van der Waals surface area (Å²) in [6.07, 6.45) is 1.71. The molecule has 3 rings (SSSR count). The first kappa shape index (κ1) is 27.9. The Kier molecular flexibility index (Phi) is 10.2. The van der Waals surface area contributed by atoms with Crippen molar-refractivity contribution in [3.05, 3.63) is 71.3 Å². The Bertz CT molecular complexity index is 1070. The Morgan fingerprint density at radius 2 is 1.84 bits per heavy atom. The number of nitrogens with zero attached hydrogens (tertiary/aromatic N) is 1. The highest BCUT2D eigenvalue weighted by Gasteiger charge is 2.35. The molecule has 0 radical (unpaired) electrons. The van der Waals surface area contributed by atoms with Crippen molar-refractivity contribution in [1.29, 1.82) is 5.41 Å². The fourth-order valence-electron chi connectivity index (χ4n) is 4.57. The molecule has 0 aromatic heterocycles. The molecule has 1 fully saturated rings. The molecule has 0 bridgehead atoms. The molecular formula is C28H37N5O4. The van der Waals surface area contributed by atoms with Crippen LogP contribution in [-0.4, -0.2) is 60.3 Å². The van der Waals surface area contributed by atoms with E-state index in [2.05, 4.69) is 22.8 Å². The van der Waals surface area contributed by atoms with Gasteiger partial charge in [-0.3, -0.25) is 24.7 Å². The molecule has 0 spiro atoms. The summed E-state index contributed by atoms with van der Waals surface area (Å²) in [6.45, 7) is 5.15. The van der Waals surface area contributed by atoms with E-state index >= 15 is 0 Å². The molecule has 0 saturated carbocycles. The number of carbonyl (C=O) groups is 3. The third-order valence-electron chi connectivity index (χ3n) is 6.68. The summed E-state index contributed by atoms with van der Waals surface area (Å²) in [5.41, 5.74) is 8.14. The standard InChI is InChI=1S/C28H37N5O4/c1-3-37-25(34)14-16-33-15-13-23(21-7-5-4-6-8-21)17-24(33)28(36)32-19(2)27(35)31-18-20-9-11-22(12-10-20)26(29)30/h4-12,19,23-24H,3,13-18H2,1-2H3,(H3,29,30)(H,31,35)(H,32,36)/t19-,23-,24+/m0/s1. The van der Waals surface area contributed by atoms with Gasteiger partial charge < -0.3 is 21.1 Å². The zero-order valence-electron chi connectivity index (χ0n) is 21.5. The number of amides is 2. The van der Waals surface area contributed by atoms with Crippen molar-refractivity contribution in [2.75, 3.05) is 19.7 Å². The molecular weight excluding hydrogens is 470 g/mol. The number of nitrogens with two attached hydrogens (primary N) is 1. The van der Waals surface area contributed by atoms with Crippen LogP contribution >= 0.6 is 0 Å². The Morgan fingerprint density at radius 1 is 1.14 bits per heavy atom. The molecule has 3 atom stereocenters. The van der Waals surface area contributed by atoms with Crippen molar-refractivity contribution in [3.8, 4) is 0 Å². The third kappa shape index (κ3) is 8.15. The third-order valence-corrected chi connectivity index (χ3v) is 6.68. The summed E-state index contributed by atoms with van der Waals surface area (Å²) in [6, 6.07) is 16.0. The second-order valence-corrected chi connectivity index (χ2v) is 9.30. The van der Waals surface area contributed by atoms with Gasteiger partial charge in [0.2, 0.25) is 11.8 Å². The number of benzene rings is 2. The van der Waals surface area contributed by atoms with E-state index in [4.69, 9.17) is 15.9 Å². The van der Waals surface area contributed by atoms with Crippen LogP contribution in [0.5, 0.6) is 0 Å². The van der Waals surface area contributed by atoms with Crippen LogP contribution in [0.1, 0.15) is 55.7 Å². The van der Waals surface area contributed by atoms with E-state index in [1.807, 2.05) is 23.1 Å². The normalized spacial score (nSPS) is 18.4. The Labute approximate surface area is 218 Å². The van der Waals surface area contributed by atoms with Crippen molar-refractivity contribution < 1.29 is 19.1 Å². The zero-order valence-corrected chi connectivity index (χ0v) is 21.5. The molecule has 9 nitrogen and oxygen atoms in total. The van der Waals surface area contributed by atoms with Crippen LogP contribution < -0.4 is 16.4 Å². The van der Waals surface area contributed by atoms with E-state index in [-0.39, 0.29) is 36.0 Å². The minimum Gasteiger partial charge on any atom is -0.466 e. The average Bonchev–Trinajstić information content (AvgIpc) is 2.91. The maximum atomic E-state index is 13.4. The molecule has 2 aromatic carbocycles. The lowest BCUT2D eigenvalue weighted by molar-refractivity contribution is -0.144. The second-order valence-electron chi connectivity index (χ2n) is 9.30. The molecule has 0 unspecified atom stereocenters. The van der Waals surface area contributed by atoms with Gasteiger partial charge in [0, 0.05) is 18.7 Å². The van der Waals surface area contributed by atoms with Gasteiger partial charge in [-0.25, -0.2) is 0 Å². The molecule has 1 aliphatic rings. The first-order valence-corrected chi connectivity index (χ1v) is 12.7. The number of piperidine rings is 1. The predicted octanol–water partition coefficient (Wildman–Crippen LogP) is 2.29. The minimum atomic E-state index is -0.729. The van der Waals surface area contributed by atoms with Gasteiger partial charge in [-0.15, -0.1) is 0 Å². The van der Waals surface area contributed by atoms with Gasteiger partial charge in [0.15, 0.2) is 0 Å². The number of hydrogen-bond acceptors (Lipinski definition) is 6. The van der Waals surface area contributed by atoms with Crippen molar-refractivity contribution in [1.82, 2.24) is 15.5 Å². The zero-order chi connectivity index (χ0) is 26.8. The van der Waals surface area contributed by atoms with E-state index in [1.54, 1.807) is 38.1 Å². The monoisotopic (exact) mass is 507 g/mol. The number of nitrogen functional groups attached to an aromatic ring is 1. The predicted molar refractivity (Wildman–Crippen MR) is 142 cm³/mol. The fourth-order valence-corrected chi connectivity index (χ4v) is 4.57. The van der Waals surface area contributed by atoms with Gasteiger partial charge in [-0.2, -0.15) is 0 Å². The molecule has 9 heteroatoms. The highest BCUT2D eigenvalue weighted by atomic mass is 16.5. The average molecular weight is 508 g/mol. The van der Waals surface area contributed by atoms with Gasteiger partial charge in [0.25, 0.3) is 0 Å². The second kappa shape index (κ2) is 13.5. The van der Waals surface area contributed by atoms with E-state index in [1.165, 1.54) is 5.56 Å². The lowest BCUT2D eigenvalue weighted by Gasteiger charge is -2.39. The van der Waals surface area contributed by atoms with Crippen LogP contribution in [0.2, 0.25) is 0 Å². The van der Waals surface area contributed by atoms with Crippen molar-refractivity contribution in [2.24, 2.45) is 5.73 Å². The van der Waals surface area contributed by atoms with Gasteiger partial charge >= 0.3 is 5.97 Å².